The molecule has 16 heavy (non-hydrogen) atoms. The van der Waals surface area contributed by atoms with Gasteiger partial charge >= 0.3 is 0 Å². The van der Waals surface area contributed by atoms with Gasteiger partial charge in [0, 0.05) is 12.6 Å². The summed E-state index contributed by atoms with van der Waals surface area (Å²) in [6.07, 6.45) is 10.4. The molecule has 0 spiro atoms. The van der Waals surface area contributed by atoms with Crippen molar-refractivity contribution in [1.29, 1.82) is 0 Å². The van der Waals surface area contributed by atoms with Gasteiger partial charge in [0.25, 0.3) is 0 Å². The standard InChI is InChI=1S/C14H27NO/c1-11(12-6-2-3-7-12)15-10-13-8-4-5-9-14(13)16/h11-16H,2-10H2,1H3. The topological polar surface area (TPSA) is 32.3 Å². The van der Waals surface area contributed by atoms with Crippen LogP contribution in [0.2, 0.25) is 0 Å². The monoisotopic (exact) mass is 225 g/mol. The summed E-state index contributed by atoms with van der Waals surface area (Å²) in [6.45, 7) is 3.35. The van der Waals surface area contributed by atoms with E-state index in [1.807, 2.05) is 0 Å². The molecule has 2 saturated carbocycles. The lowest BCUT2D eigenvalue weighted by molar-refractivity contribution is 0.0672. The molecule has 0 saturated heterocycles. The number of aliphatic hydroxyl groups excluding tert-OH is 1. The lowest BCUT2D eigenvalue weighted by atomic mass is 9.86. The van der Waals surface area contributed by atoms with E-state index in [-0.39, 0.29) is 6.10 Å². The molecule has 2 rings (SSSR count). The normalized spacial score (nSPS) is 34.1. The van der Waals surface area contributed by atoms with Crippen molar-refractivity contribution >= 4 is 0 Å². The Labute approximate surface area is 99.8 Å². The van der Waals surface area contributed by atoms with Gasteiger partial charge in [-0.25, -0.2) is 0 Å². The number of rotatable bonds is 4. The number of hydrogen-bond donors (Lipinski definition) is 2. The van der Waals surface area contributed by atoms with Crippen LogP contribution in [0.3, 0.4) is 0 Å². The first-order valence-corrected chi connectivity index (χ1v) is 7.19. The van der Waals surface area contributed by atoms with E-state index in [1.54, 1.807) is 0 Å². The molecule has 0 aromatic heterocycles. The maximum absolute atomic E-state index is 9.91. The SMILES string of the molecule is CC(NCC1CCCCC1O)C1CCCC1. The van der Waals surface area contributed by atoms with Crippen LogP contribution in [0.4, 0.5) is 0 Å². The van der Waals surface area contributed by atoms with E-state index in [4.69, 9.17) is 0 Å². The first-order valence-electron chi connectivity index (χ1n) is 7.19. The van der Waals surface area contributed by atoms with Gasteiger partial charge in [0.1, 0.15) is 0 Å². The molecule has 0 aliphatic heterocycles. The predicted molar refractivity (Wildman–Crippen MR) is 67.4 cm³/mol. The highest BCUT2D eigenvalue weighted by molar-refractivity contribution is 4.81. The number of nitrogens with one attached hydrogen (secondary N) is 1. The molecule has 3 atom stereocenters. The van der Waals surface area contributed by atoms with Gasteiger partial charge in [-0.15, -0.1) is 0 Å². The molecule has 2 heteroatoms. The minimum absolute atomic E-state index is 0.0444. The molecule has 2 N–H and O–H groups in total. The van der Waals surface area contributed by atoms with Crippen LogP contribution >= 0.6 is 0 Å². The van der Waals surface area contributed by atoms with Gasteiger partial charge in [0.15, 0.2) is 0 Å². The highest BCUT2D eigenvalue weighted by atomic mass is 16.3. The van der Waals surface area contributed by atoms with E-state index >= 15 is 0 Å². The zero-order chi connectivity index (χ0) is 11.4. The van der Waals surface area contributed by atoms with Gasteiger partial charge in [-0.1, -0.05) is 25.7 Å². The molecule has 0 radical (unpaired) electrons. The molecule has 0 amide bonds. The average molecular weight is 225 g/mol. The van der Waals surface area contributed by atoms with E-state index in [1.165, 1.54) is 44.9 Å². The van der Waals surface area contributed by atoms with Crippen molar-refractivity contribution in [3.8, 4) is 0 Å². The van der Waals surface area contributed by atoms with Crippen LogP contribution in [0, 0.1) is 11.8 Å². The van der Waals surface area contributed by atoms with Gasteiger partial charge in [-0.2, -0.15) is 0 Å². The first-order chi connectivity index (χ1) is 7.77. The third-order valence-corrected chi connectivity index (χ3v) is 4.68. The highest BCUT2D eigenvalue weighted by Gasteiger charge is 2.25. The summed E-state index contributed by atoms with van der Waals surface area (Å²) >= 11 is 0. The second-order valence-electron chi connectivity index (χ2n) is 5.85. The zero-order valence-electron chi connectivity index (χ0n) is 10.6. The zero-order valence-corrected chi connectivity index (χ0v) is 10.6. The fourth-order valence-electron chi connectivity index (χ4n) is 3.39. The summed E-state index contributed by atoms with van der Waals surface area (Å²) in [5.74, 6) is 1.40. The Morgan fingerprint density at radius 3 is 2.38 bits per heavy atom. The van der Waals surface area contributed by atoms with Crippen LogP contribution in [-0.2, 0) is 0 Å². The third-order valence-electron chi connectivity index (χ3n) is 4.68. The lowest BCUT2D eigenvalue weighted by Crippen LogP contribution is -2.40. The van der Waals surface area contributed by atoms with E-state index < -0.39 is 0 Å². The summed E-state index contributed by atoms with van der Waals surface area (Å²) in [6, 6.07) is 0.650. The van der Waals surface area contributed by atoms with Gasteiger partial charge in [0.05, 0.1) is 6.10 Å². The molecular formula is C14H27NO. The Morgan fingerprint density at radius 1 is 1.06 bits per heavy atom. The molecule has 3 unspecified atom stereocenters. The van der Waals surface area contributed by atoms with Crippen molar-refractivity contribution in [3.63, 3.8) is 0 Å². The molecule has 0 aromatic rings. The van der Waals surface area contributed by atoms with E-state index in [9.17, 15) is 5.11 Å². The Bertz CT molecular complexity index is 201. The summed E-state index contributed by atoms with van der Waals surface area (Å²) in [7, 11) is 0. The van der Waals surface area contributed by atoms with E-state index in [2.05, 4.69) is 12.2 Å². The van der Waals surface area contributed by atoms with Crippen LogP contribution in [0.25, 0.3) is 0 Å². The molecular weight excluding hydrogens is 198 g/mol. The maximum atomic E-state index is 9.91. The fourth-order valence-corrected chi connectivity index (χ4v) is 3.39. The van der Waals surface area contributed by atoms with Crippen molar-refractivity contribution in [2.75, 3.05) is 6.54 Å². The second-order valence-corrected chi connectivity index (χ2v) is 5.85. The fraction of sp³-hybridized carbons (Fsp3) is 1.00. The molecule has 2 fully saturated rings. The number of aliphatic hydroxyl groups is 1. The largest absolute Gasteiger partial charge is 0.393 e. The minimum atomic E-state index is -0.0444. The van der Waals surface area contributed by atoms with Crippen LogP contribution in [0.5, 0.6) is 0 Å². The first kappa shape index (κ1) is 12.4. The highest BCUT2D eigenvalue weighted by Crippen LogP contribution is 2.28. The molecule has 0 heterocycles. The van der Waals surface area contributed by atoms with E-state index in [0.29, 0.717) is 12.0 Å². The third kappa shape index (κ3) is 3.21. The Hall–Kier alpha value is -0.0800. The second kappa shape index (κ2) is 6.02. The quantitative estimate of drug-likeness (QED) is 0.771. The Balaban J connectivity index is 1.69. The van der Waals surface area contributed by atoms with Crippen molar-refractivity contribution in [2.24, 2.45) is 11.8 Å². The lowest BCUT2D eigenvalue weighted by Gasteiger charge is -2.30. The van der Waals surface area contributed by atoms with Crippen molar-refractivity contribution < 1.29 is 5.11 Å². The summed E-state index contributed by atoms with van der Waals surface area (Å²) in [5, 5.41) is 13.6. The van der Waals surface area contributed by atoms with Gasteiger partial charge < -0.3 is 10.4 Å². The summed E-state index contributed by atoms with van der Waals surface area (Å²) in [5.41, 5.74) is 0. The van der Waals surface area contributed by atoms with Crippen LogP contribution < -0.4 is 5.32 Å². The van der Waals surface area contributed by atoms with Crippen LogP contribution in [0.15, 0.2) is 0 Å². The van der Waals surface area contributed by atoms with Gasteiger partial charge in [-0.05, 0) is 44.4 Å². The van der Waals surface area contributed by atoms with Crippen molar-refractivity contribution in [2.45, 2.75) is 70.4 Å². The van der Waals surface area contributed by atoms with Gasteiger partial charge in [-0.3, -0.25) is 0 Å². The van der Waals surface area contributed by atoms with E-state index in [0.717, 1.165) is 18.9 Å². The molecule has 2 nitrogen and oxygen atoms in total. The predicted octanol–water partition coefficient (Wildman–Crippen LogP) is 2.71. The van der Waals surface area contributed by atoms with Crippen LogP contribution in [0.1, 0.15) is 58.3 Å². The van der Waals surface area contributed by atoms with Crippen molar-refractivity contribution in [3.05, 3.63) is 0 Å². The molecule has 2 aliphatic rings. The molecule has 0 bridgehead atoms. The maximum Gasteiger partial charge on any atom is 0.0580 e. The minimum Gasteiger partial charge on any atom is -0.393 e. The average Bonchev–Trinajstić information content (AvgIpc) is 2.81. The van der Waals surface area contributed by atoms with Crippen molar-refractivity contribution in [1.82, 2.24) is 5.32 Å². The molecule has 94 valence electrons. The molecule has 0 aromatic carbocycles. The molecule has 2 aliphatic carbocycles. The van der Waals surface area contributed by atoms with Gasteiger partial charge in [0.2, 0.25) is 0 Å². The summed E-state index contributed by atoms with van der Waals surface area (Å²) in [4.78, 5) is 0. The Morgan fingerprint density at radius 2 is 1.69 bits per heavy atom. The summed E-state index contributed by atoms with van der Waals surface area (Å²) < 4.78 is 0. The Kier molecular flexibility index (Phi) is 4.66. The smallest absolute Gasteiger partial charge is 0.0580 e. The number of hydrogen-bond acceptors (Lipinski definition) is 2. The van der Waals surface area contributed by atoms with Crippen LogP contribution in [-0.4, -0.2) is 23.8 Å².